The van der Waals surface area contributed by atoms with Crippen LogP contribution in [0.2, 0.25) is 0 Å². The first-order valence-electron chi connectivity index (χ1n) is 6.57. The third-order valence-corrected chi connectivity index (χ3v) is 5.38. The van der Waals surface area contributed by atoms with Gasteiger partial charge in [0.15, 0.2) is 0 Å². The van der Waals surface area contributed by atoms with E-state index in [1.165, 1.54) is 0 Å². The van der Waals surface area contributed by atoms with Crippen LogP contribution in [0.1, 0.15) is 26.7 Å². The van der Waals surface area contributed by atoms with Crippen LogP contribution in [-0.2, 0) is 9.84 Å². The molecular formula is C12H26N2O2S. The van der Waals surface area contributed by atoms with Crippen LogP contribution < -0.4 is 5.32 Å². The maximum Gasteiger partial charge on any atom is 0.150 e. The van der Waals surface area contributed by atoms with E-state index >= 15 is 0 Å². The fourth-order valence-electron chi connectivity index (χ4n) is 2.38. The molecule has 1 fully saturated rings. The van der Waals surface area contributed by atoms with Crippen molar-refractivity contribution >= 4 is 9.84 Å². The highest BCUT2D eigenvalue weighted by Gasteiger charge is 2.23. The summed E-state index contributed by atoms with van der Waals surface area (Å²) in [5.74, 6) is 1.23. The van der Waals surface area contributed by atoms with Crippen LogP contribution >= 0.6 is 0 Å². The van der Waals surface area contributed by atoms with Crippen molar-refractivity contribution in [2.75, 3.05) is 38.2 Å². The summed E-state index contributed by atoms with van der Waals surface area (Å²) in [5, 5.41) is 3.50. The molecule has 2 atom stereocenters. The normalized spacial score (nSPS) is 27.2. The van der Waals surface area contributed by atoms with Crippen molar-refractivity contribution in [2.24, 2.45) is 5.92 Å². The Morgan fingerprint density at radius 2 is 2.12 bits per heavy atom. The number of sulfone groups is 1. The molecule has 0 spiro atoms. The quantitative estimate of drug-likeness (QED) is 0.717. The highest BCUT2D eigenvalue weighted by atomic mass is 32.2. The number of hydrogen-bond acceptors (Lipinski definition) is 4. The first-order chi connectivity index (χ1) is 7.94. The van der Waals surface area contributed by atoms with Gasteiger partial charge in [-0.25, -0.2) is 8.42 Å². The molecule has 0 aliphatic carbocycles. The van der Waals surface area contributed by atoms with E-state index in [2.05, 4.69) is 24.2 Å². The molecule has 0 bridgehead atoms. The molecule has 1 aliphatic heterocycles. The second kappa shape index (κ2) is 6.71. The summed E-state index contributed by atoms with van der Waals surface area (Å²) in [5.41, 5.74) is 0. The number of nitrogens with one attached hydrogen (secondary N) is 1. The molecular weight excluding hydrogens is 236 g/mol. The second-order valence-electron chi connectivity index (χ2n) is 5.18. The number of rotatable bonds is 6. The molecule has 5 heteroatoms. The predicted octanol–water partition coefficient (Wildman–Crippen LogP) is 0.741. The van der Waals surface area contributed by atoms with E-state index in [1.807, 2.05) is 0 Å². The molecule has 0 aromatic heterocycles. The number of nitrogens with zero attached hydrogens (tertiary/aromatic N) is 1. The zero-order valence-corrected chi connectivity index (χ0v) is 12.1. The molecule has 1 saturated heterocycles. The fraction of sp³-hybridized carbons (Fsp3) is 1.00. The Balaban J connectivity index is 2.19. The van der Waals surface area contributed by atoms with Crippen molar-refractivity contribution in [2.45, 2.75) is 32.7 Å². The molecule has 0 radical (unpaired) electrons. The molecule has 0 amide bonds. The molecule has 2 unspecified atom stereocenters. The van der Waals surface area contributed by atoms with Gasteiger partial charge in [-0.15, -0.1) is 0 Å². The fourth-order valence-corrected chi connectivity index (χ4v) is 3.25. The monoisotopic (exact) mass is 262 g/mol. The number of piperidine rings is 1. The van der Waals surface area contributed by atoms with E-state index in [0.717, 1.165) is 32.5 Å². The van der Waals surface area contributed by atoms with Crippen molar-refractivity contribution in [1.82, 2.24) is 10.2 Å². The Morgan fingerprint density at radius 1 is 1.41 bits per heavy atom. The lowest BCUT2D eigenvalue weighted by atomic mass is 9.94. The van der Waals surface area contributed by atoms with Crippen molar-refractivity contribution in [3.63, 3.8) is 0 Å². The van der Waals surface area contributed by atoms with Crippen molar-refractivity contribution < 1.29 is 8.42 Å². The molecule has 0 saturated carbocycles. The van der Waals surface area contributed by atoms with Crippen LogP contribution in [0.25, 0.3) is 0 Å². The number of hydrogen-bond donors (Lipinski definition) is 1. The van der Waals surface area contributed by atoms with E-state index < -0.39 is 9.84 Å². The standard InChI is InChI=1S/C12H26N2O2S/c1-4-17(15,16)9-5-7-13-12-6-8-14(3)10-11(12)2/h11-13H,4-10H2,1-3H3. The van der Waals surface area contributed by atoms with Gasteiger partial charge in [-0.1, -0.05) is 13.8 Å². The Labute approximate surface area is 106 Å². The van der Waals surface area contributed by atoms with E-state index in [9.17, 15) is 8.42 Å². The Bertz CT molecular complexity index is 316. The SMILES string of the molecule is CCS(=O)(=O)CCCNC1CCN(C)CC1C. The molecule has 4 nitrogen and oxygen atoms in total. The van der Waals surface area contributed by atoms with Gasteiger partial charge in [-0.2, -0.15) is 0 Å². The first kappa shape index (κ1) is 14.9. The van der Waals surface area contributed by atoms with Gasteiger partial charge in [0.25, 0.3) is 0 Å². The average Bonchev–Trinajstić information content (AvgIpc) is 2.27. The second-order valence-corrected chi connectivity index (χ2v) is 7.65. The number of likely N-dealkylation sites (tertiary alicyclic amines) is 1. The summed E-state index contributed by atoms with van der Waals surface area (Å²) in [6.45, 7) is 7.05. The smallest absolute Gasteiger partial charge is 0.150 e. The summed E-state index contributed by atoms with van der Waals surface area (Å²) in [7, 11) is -0.640. The Hall–Kier alpha value is -0.130. The van der Waals surface area contributed by atoms with Gasteiger partial charge < -0.3 is 10.2 Å². The molecule has 102 valence electrons. The summed E-state index contributed by atoms with van der Waals surface area (Å²) in [6, 6.07) is 0.551. The first-order valence-corrected chi connectivity index (χ1v) is 8.39. The van der Waals surface area contributed by atoms with E-state index in [1.54, 1.807) is 6.92 Å². The minimum absolute atomic E-state index is 0.262. The van der Waals surface area contributed by atoms with Crippen LogP contribution in [-0.4, -0.2) is 57.5 Å². The molecule has 17 heavy (non-hydrogen) atoms. The largest absolute Gasteiger partial charge is 0.314 e. The zero-order chi connectivity index (χ0) is 12.9. The predicted molar refractivity (Wildman–Crippen MR) is 72.0 cm³/mol. The summed E-state index contributed by atoms with van der Waals surface area (Å²) >= 11 is 0. The van der Waals surface area contributed by atoms with Crippen LogP contribution in [0.3, 0.4) is 0 Å². The zero-order valence-electron chi connectivity index (χ0n) is 11.3. The van der Waals surface area contributed by atoms with Crippen molar-refractivity contribution in [3.05, 3.63) is 0 Å². The topological polar surface area (TPSA) is 49.4 Å². The molecule has 1 heterocycles. The van der Waals surface area contributed by atoms with Gasteiger partial charge in [0.1, 0.15) is 9.84 Å². The lowest BCUT2D eigenvalue weighted by Gasteiger charge is -2.35. The van der Waals surface area contributed by atoms with E-state index in [-0.39, 0.29) is 5.75 Å². The molecule has 0 aromatic rings. The van der Waals surface area contributed by atoms with Crippen LogP contribution in [0.15, 0.2) is 0 Å². The van der Waals surface area contributed by atoms with Gasteiger partial charge in [-0.05, 0) is 38.9 Å². The van der Waals surface area contributed by atoms with Gasteiger partial charge in [0.05, 0.1) is 5.75 Å². The maximum atomic E-state index is 11.3. The van der Waals surface area contributed by atoms with Gasteiger partial charge in [0, 0.05) is 18.3 Å². The minimum atomic E-state index is -2.79. The third kappa shape index (κ3) is 5.36. The Kier molecular flexibility index (Phi) is 5.89. The van der Waals surface area contributed by atoms with E-state index in [4.69, 9.17) is 0 Å². The Morgan fingerprint density at radius 3 is 2.71 bits per heavy atom. The van der Waals surface area contributed by atoms with Gasteiger partial charge >= 0.3 is 0 Å². The molecule has 0 aromatic carbocycles. The van der Waals surface area contributed by atoms with Crippen molar-refractivity contribution in [1.29, 1.82) is 0 Å². The van der Waals surface area contributed by atoms with Crippen molar-refractivity contribution in [3.8, 4) is 0 Å². The van der Waals surface area contributed by atoms with E-state index in [0.29, 0.717) is 17.7 Å². The van der Waals surface area contributed by atoms with Gasteiger partial charge in [0.2, 0.25) is 0 Å². The highest BCUT2D eigenvalue weighted by Crippen LogP contribution is 2.15. The molecule has 1 aliphatic rings. The maximum absolute atomic E-state index is 11.3. The minimum Gasteiger partial charge on any atom is -0.314 e. The van der Waals surface area contributed by atoms with Crippen LogP contribution in [0, 0.1) is 5.92 Å². The lowest BCUT2D eigenvalue weighted by Crippen LogP contribution is -2.47. The molecule has 1 N–H and O–H groups in total. The average molecular weight is 262 g/mol. The lowest BCUT2D eigenvalue weighted by molar-refractivity contribution is 0.175. The highest BCUT2D eigenvalue weighted by molar-refractivity contribution is 7.91. The van der Waals surface area contributed by atoms with Gasteiger partial charge in [-0.3, -0.25) is 0 Å². The summed E-state index contributed by atoms with van der Waals surface area (Å²) in [4.78, 5) is 2.35. The molecule has 1 rings (SSSR count). The van der Waals surface area contributed by atoms with Crippen LogP contribution in [0.5, 0.6) is 0 Å². The summed E-state index contributed by atoms with van der Waals surface area (Å²) < 4.78 is 22.6. The third-order valence-electron chi connectivity index (χ3n) is 3.59. The van der Waals surface area contributed by atoms with Crippen LogP contribution in [0.4, 0.5) is 0 Å². The summed E-state index contributed by atoms with van der Waals surface area (Å²) in [6.07, 6.45) is 1.90.